The quantitative estimate of drug-likeness (QED) is 0.209. The van der Waals surface area contributed by atoms with Gasteiger partial charge >= 0.3 is 30.1 Å². The second-order valence-electron chi connectivity index (χ2n) is 13.9. The Morgan fingerprint density at radius 2 is 1.47 bits per heavy atom. The molecular weight excluding hydrogens is 725 g/mol. The SMILES string of the molecule is Cc1c(N2CCN(CCCC(F)(F)C(F)(F)F)CC2)c(=O)n(C[C@@H](c2ccccc2)N(C(=O)O)C(C)(C)C)c(=O)n1Cc1c(F)cccc1C(F)(F)F. The van der Waals surface area contributed by atoms with Gasteiger partial charge in [-0.05, 0) is 58.4 Å². The minimum absolute atomic E-state index is 0.00278. The van der Waals surface area contributed by atoms with Crippen LogP contribution in [0.15, 0.2) is 58.1 Å². The highest BCUT2D eigenvalue weighted by atomic mass is 19.4. The summed E-state index contributed by atoms with van der Waals surface area (Å²) < 4.78 is 124. The number of alkyl halides is 8. The van der Waals surface area contributed by atoms with E-state index in [1.807, 2.05) is 0 Å². The summed E-state index contributed by atoms with van der Waals surface area (Å²) in [6.45, 7) is 4.61. The van der Waals surface area contributed by atoms with E-state index in [0.29, 0.717) is 16.2 Å². The number of halogens is 9. The Bertz CT molecular complexity index is 1880. The van der Waals surface area contributed by atoms with Crippen molar-refractivity contribution < 1.29 is 49.4 Å². The molecule has 18 heteroatoms. The zero-order valence-electron chi connectivity index (χ0n) is 29.4. The summed E-state index contributed by atoms with van der Waals surface area (Å²) in [5.74, 6) is -6.13. The fourth-order valence-electron chi connectivity index (χ4n) is 6.57. The third kappa shape index (κ3) is 9.19. The van der Waals surface area contributed by atoms with Crippen LogP contribution in [0.4, 0.5) is 50.0 Å². The Morgan fingerprint density at radius 3 is 2.00 bits per heavy atom. The topological polar surface area (TPSA) is 91.0 Å². The monoisotopic (exact) mass is 765 g/mol. The van der Waals surface area contributed by atoms with E-state index in [-0.39, 0.29) is 44.1 Å². The first-order valence-electron chi connectivity index (χ1n) is 16.6. The first kappa shape index (κ1) is 41.3. The number of benzene rings is 2. The van der Waals surface area contributed by atoms with E-state index in [4.69, 9.17) is 0 Å². The van der Waals surface area contributed by atoms with Crippen molar-refractivity contribution in [2.24, 2.45) is 0 Å². The lowest BCUT2D eigenvalue weighted by Gasteiger charge is -2.40. The molecule has 9 nitrogen and oxygen atoms in total. The van der Waals surface area contributed by atoms with Crippen LogP contribution >= 0.6 is 0 Å². The number of carboxylic acid groups (broad SMARTS) is 1. The van der Waals surface area contributed by atoms with E-state index < -0.39 is 90.1 Å². The largest absolute Gasteiger partial charge is 0.465 e. The van der Waals surface area contributed by atoms with Crippen molar-refractivity contribution in [1.29, 1.82) is 0 Å². The summed E-state index contributed by atoms with van der Waals surface area (Å²) in [6.07, 6.45) is -14.0. The van der Waals surface area contributed by atoms with Crippen LogP contribution < -0.4 is 16.1 Å². The number of hydrogen-bond donors (Lipinski definition) is 1. The molecule has 0 saturated carbocycles. The van der Waals surface area contributed by atoms with Crippen LogP contribution in [0.5, 0.6) is 0 Å². The third-order valence-electron chi connectivity index (χ3n) is 9.25. The number of aromatic nitrogens is 2. The summed E-state index contributed by atoms with van der Waals surface area (Å²) in [5.41, 5.74) is -5.22. The van der Waals surface area contributed by atoms with Crippen molar-refractivity contribution in [3.05, 3.63) is 97.6 Å². The number of anilines is 1. The molecule has 1 atom stereocenters. The number of piperazine rings is 1. The zero-order valence-corrected chi connectivity index (χ0v) is 29.4. The Hall–Kier alpha value is -4.48. The van der Waals surface area contributed by atoms with Crippen molar-refractivity contribution in [2.75, 3.05) is 37.6 Å². The summed E-state index contributed by atoms with van der Waals surface area (Å²) in [6, 6.07) is 9.22. The molecule has 1 saturated heterocycles. The van der Waals surface area contributed by atoms with E-state index in [1.165, 1.54) is 11.8 Å². The first-order chi connectivity index (χ1) is 24.5. The minimum Gasteiger partial charge on any atom is -0.465 e. The molecule has 1 aliphatic heterocycles. The van der Waals surface area contributed by atoms with Gasteiger partial charge in [0, 0.05) is 49.4 Å². The molecule has 1 fully saturated rings. The third-order valence-corrected chi connectivity index (χ3v) is 9.25. The smallest absolute Gasteiger partial charge is 0.453 e. The molecule has 0 aliphatic carbocycles. The van der Waals surface area contributed by atoms with Gasteiger partial charge in [0.1, 0.15) is 11.5 Å². The molecule has 2 aromatic carbocycles. The van der Waals surface area contributed by atoms with Crippen LogP contribution in [0.2, 0.25) is 0 Å². The van der Waals surface area contributed by atoms with Crippen LogP contribution in [0.1, 0.15) is 62.0 Å². The minimum atomic E-state index is -5.69. The van der Waals surface area contributed by atoms with Gasteiger partial charge in [0.05, 0.1) is 24.7 Å². The van der Waals surface area contributed by atoms with E-state index in [9.17, 15) is 54.6 Å². The van der Waals surface area contributed by atoms with Crippen LogP contribution in [0, 0.1) is 12.7 Å². The number of nitrogens with zero attached hydrogens (tertiary/aromatic N) is 5. The van der Waals surface area contributed by atoms with Gasteiger partial charge in [-0.1, -0.05) is 36.4 Å². The Balaban J connectivity index is 1.82. The highest BCUT2D eigenvalue weighted by molar-refractivity contribution is 5.67. The van der Waals surface area contributed by atoms with Crippen molar-refractivity contribution in [3.8, 4) is 0 Å². The van der Waals surface area contributed by atoms with Crippen LogP contribution in [0.3, 0.4) is 0 Å². The van der Waals surface area contributed by atoms with Crippen molar-refractivity contribution >= 4 is 11.8 Å². The fourth-order valence-corrected chi connectivity index (χ4v) is 6.57. The molecule has 3 aromatic rings. The average molecular weight is 766 g/mol. The maximum absolute atomic E-state index is 15.1. The highest BCUT2D eigenvalue weighted by Gasteiger charge is 2.56. The van der Waals surface area contributed by atoms with E-state index >= 15 is 4.39 Å². The number of amides is 1. The molecule has 0 unspecified atom stereocenters. The molecule has 0 radical (unpaired) electrons. The van der Waals surface area contributed by atoms with E-state index in [2.05, 4.69) is 0 Å². The first-order valence-corrected chi connectivity index (χ1v) is 16.6. The van der Waals surface area contributed by atoms with Gasteiger partial charge in [-0.15, -0.1) is 0 Å². The molecular formula is C35H40F9N5O4. The van der Waals surface area contributed by atoms with Gasteiger partial charge in [-0.3, -0.25) is 23.7 Å². The second kappa shape index (κ2) is 15.5. The standard InChI is InChI=1S/C35H40F9N5O4/c1-22-28(46-18-16-45(17-19-46)15-9-14-33(37,38)35(42,43)44)29(50)48(21-27(23-10-6-5-7-11-23)49(31(52)53)32(2,3)4)30(51)47(22)20-24-25(34(39,40)41)12-8-13-26(24)36/h5-8,10-13,27H,9,14-21H2,1-4H3,(H,52,53)/t27-/m0/s1. The maximum Gasteiger partial charge on any atom is 0.453 e. The second-order valence-corrected chi connectivity index (χ2v) is 13.9. The predicted molar refractivity (Wildman–Crippen MR) is 178 cm³/mol. The normalized spacial score (nSPS) is 15.5. The molecule has 1 aromatic heterocycles. The Labute approximate surface area is 298 Å². The summed E-state index contributed by atoms with van der Waals surface area (Å²) in [5, 5.41) is 10.3. The summed E-state index contributed by atoms with van der Waals surface area (Å²) in [4.78, 5) is 45.4. The number of hydrogen-bond acceptors (Lipinski definition) is 5. The maximum atomic E-state index is 15.1. The molecule has 0 spiro atoms. The predicted octanol–water partition coefficient (Wildman–Crippen LogP) is 7.14. The van der Waals surface area contributed by atoms with Gasteiger partial charge in [-0.2, -0.15) is 35.1 Å². The molecule has 53 heavy (non-hydrogen) atoms. The summed E-state index contributed by atoms with van der Waals surface area (Å²) in [7, 11) is 0. The number of rotatable bonds is 11. The summed E-state index contributed by atoms with van der Waals surface area (Å²) >= 11 is 0. The zero-order chi connectivity index (χ0) is 39.7. The van der Waals surface area contributed by atoms with Crippen molar-refractivity contribution in [3.63, 3.8) is 0 Å². The van der Waals surface area contributed by atoms with Gasteiger partial charge in [-0.25, -0.2) is 14.0 Å². The molecule has 1 aliphatic rings. The van der Waals surface area contributed by atoms with Crippen LogP contribution in [-0.2, 0) is 19.3 Å². The molecule has 0 bridgehead atoms. The molecule has 4 rings (SSSR count). The Kier molecular flexibility index (Phi) is 12.1. The van der Waals surface area contributed by atoms with Gasteiger partial charge < -0.3 is 10.0 Å². The van der Waals surface area contributed by atoms with Gasteiger partial charge in [0.15, 0.2) is 0 Å². The van der Waals surface area contributed by atoms with Crippen molar-refractivity contribution in [1.82, 2.24) is 18.9 Å². The molecule has 2 heterocycles. The lowest BCUT2D eigenvalue weighted by molar-refractivity contribution is -0.284. The molecule has 1 amide bonds. The number of carbonyl (C=O) groups is 1. The van der Waals surface area contributed by atoms with Crippen LogP contribution in [-0.4, -0.2) is 80.5 Å². The van der Waals surface area contributed by atoms with Gasteiger partial charge in [0.25, 0.3) is 5.56 Å². The van der Waals surface area contributed by atoms with Crippen LogP contribution in [0.25, 0.3) is 0 Å². The lowest BCUT2D eigenvalue weighted by Crippen LogP contribution is -2.53. The Morgan fingerprint density at radius 1 is 0.868 bits per heavy atom. The van der Waals surface area contributed by atoms with Gasteiger partial charge in [0.2, 0.25) is 0 Å². The molecule has 292 valence electrons. The van der Waals surface area contributed by atoms with E-state index in [0.717, 1.165) is 21.6 Å². The van der Waals surface area contributed by atoms with Crippen molar-refractivity contribution in [2.45, 2.75) is 83.5 Å². The molecule has 1 N–H and O–H groups in total. The highest BCUT2D eigenvalue weighted by Crippen LogP contribution is 2.39. The fraction of sp³-hybridized carbons (Fsp3) is 0.514. The average Bonchev–Trinajstić information content (AvgIpc) is 3.04. The lowest BCUT2D eigenvalue weighted by atomic mass is 9.98. The van der Waals surface area contributed by atoms with E-state index in [1.54, 1.807) is 56.0 Å².